The van der Waals surface area contributed by atoms with Crippen LogP contribution in [-0.4, -0.2) is 42.9 Å². The lowest BCUT2D eigenvalue weighted by molar-refractivity contribution is 0.0691. The molecule has 1 saturated heterocycles. The summed E-state index contributed by atoms with van der Waals surface area (Å²) in [7, 11) is 1.71. The lowest BCUT2D eigenvalue weighted by Crippen LogP contribution is -2.37. The first kappa shape index (κ1) is 12.3. The smallest absolute Gasteiger partial charge is 0.355 e. The minimum Gasteiger partial charge on any atom is -0.476 e. The number of aromatic carboxylic acids is 1. The Kier molecular flexibility index (Phi) is 3.96. The zero-order valence-electron chi connectivity index (χ0n) is 9.76. The number of methoxy groups -OCH3 is 1. The summed E-state index contributed by atoms with van der Waals surface area (Å²) in [4.78, 5) is 17.1. The van der Waals surface area contributed by atoms with Gasteiger partial charge in [-0.1, -0.05) is 0 Å². The number of carbonyl (C=O) groups is 1. The second-order valence-corrected chi connectivity index (χ2v) is 5.07. The fraction of sp³-hybridized carbons (Fsp3) is 0.636. The number of rotatable bonds is 4. The van der Waals surface area contributed by atoms with Gasteiger partial charge >= 0.3 is 5.97 Å². The average molecular weight is 256 g/mol. The van der Waals surface area contributed by atoms with Crippen molar-refractivity contribution in [3.8, 4) is 0 Å². The van der Waals surface area contributed by atoms with E-state index in [2.05, 4.69) is 9.88 Å². The Morgan fingerprint density at radius 3 is 3.24 bits per heavy atom. The molecule has 2 heterocycles. The van der Waals surface area contributed by atoms with Gasteiger partial charge in [0.25, 0.3) is 0 Å². The molecule has 1 aliphatic heterocycles. The molecule has 0 aliphatic carbocycles. The van der Waals surface area contributed by atoms with Crippen LogP contribution in [0.15, 0.2) is 5.38 Å². The van der Waals surface area contributed by atoms with Gasteiger partial charge in [-0.3, -0.25) is 0 Å². The fourth-order valence-corrected chi connectivity index (χ4v) is 2.95. The molecule has 6 heteroatoms. The van der Waals surface area contributed by atoms with E-state index in [0.29, 0.717) is 5.92 Å². The minimum atomic E-state index is -0.960. The highest BCUT2D eigenvalue weighted by Crippen LogP contribution is 2.26. The predicted molar refractivity (Wildman–Crippen MR) is 65.9 cm³/mol. The maximum atomic E-state index is 10.8. The van der Waals surface area contributed by atoms with Gasteiger partial charge in [0, 0.05) is 25.6 Å². The number of piperidine rings is 1. The molecule has 0 aromatic carbocycles. The predicted octanol–water partition coefficient (Wildman–Crippen LogP) is 1.70. The molecule has 0 saturated carbocycles. The molecule has 1 unspecified atom stereocenters. The fourth-order valence-electron chi connectivity index (χ4n) is 2.12. The third-order valence-corrected chi connectivity index (χ3v) is 3.80. The maximum absolute atomic E-state index is 10.8. The quantitative estimate of drug-likeness (QED) is 0.888. The number of hydrogen-bond donors (Lipinski definition) is 1. The number of carboxylic acid groups (broad SMARTS) is 1. The number of thiazole rings is 1. The maximum Gasteiger partial charge on any atom is 0.355 e. The first-order valence-corrected chi connectivity index (χ1v) is 6.51. The van der Waals surface area contributed by atoms with Crippen LogP contribution in [0.1, 0.15) is 23.3 Å². The molecule has 0 spiro atoms. The third-order valence-electron chi connectivity index (χ3n) is 2.90. The van der Waals surface area contributed by atoms with Gasteiger partial charge in [-0.2, -0.15) is 0 Å². The van der Waals surface area contributed by atoms with Crippen LogP contribution in [0.25, 0.3) is 0 Å². The van der Waals surface area contributed by atoms with Gasteiger partial charge in [-0.05, 0) is 18.8 Å². The van der Waals surface area contributed by atoms with Crippen LogP contribution in [0, 0.1) is 5.92 Å². The van der Waals surface area contributed by atoms with Crippen molar-refractivity contribution in [2.45, 2.75) is 12.8 Å². The van der Waals surface area contributed by atoms with Crippen molar-refractivity contribution in [2.75, 3.05) is 31.7 Å². The van der Waals surface area contributed by atoms with Crippen molar-refractivity contribution >= 4 is 22.4 Å². The van der Waals surface area contributed by atoms with Crippen molar-refractivity contribution in [3.63, 3.8) is 0 Å². The first-order chi connectivity index (χ1) is 8.20. The molecule has 1 aliphatic rings. The van der Waals surface area contributed by atoms with E-state index in [0.717, 1.165) is 31.2 Å². The van der Waals surface area contributed by atoms with E-state index in [4.69, 9.17) is 9.84 Å². The van der Waals surface area contributed by atoms with Gasteiger partial charge in [-0.25, -0.2) is 9.78 Å². The zero-order valence-corrected chi connectivity index (χ0v) is 10.6. The van der Waals surface area contributed by atoms with E-state index in [-0.39, 0.29) is 5.69 Å². The van der Waals surface area contributed by atoms with Crippen LogP contribution < -0.4 is 4.90 Å². The molecule has 17 heavy (non-hydrogen) atoms. The van der Waals surface area contributed by atoms with Gasteiger partial charge in [0.1, 0.15) is 0 Å². The molecule has 94 valence electrons. The molecule has 0 radical (unpaired) electrons. The highest BCUT2D eigenvalue weighted by atomic mass is 32.1. The summed E-state index contributed by atoms with van der Waals surface area (Å²) in [6.07, 6.45) is 2.28. The zero-order chi connectivity index (χ0) is 12.3. The van der Waals surface area contributed by atoms with Gasteiger partial charge in [-0.15, -0.1) is 11.3 Å². The standard InChI is InChI=1S/C11H16N2O3S/c1-16-6-8-3-2-4-13(5-8)11-12-9(7-17-11)10(14)15/h7-8H,2-6H2,1H3,(H,14,15). The molecular weight excluding hydrogens is 240 g/mol. The van der Waals surface area contributed by atoms with E-state index in [1.54, 1.807) is 12.5 Å². The average Bonchev–Trinajstić information content (AvgIpc) is 2.79. The molecule has 0 amide bonds. The number of anilines is 1. The van der Waals surface area contributed by atoms with Crippen molar-refractivity contribution < 1.29 is 14.6 Å². The van der Waals surface area contributed by atoms with Gasteiger partial charge < -0.3 is 14.7 Å². The van der Waals surface area contributed by atoms with Crippen LogP contribution >= 0.6 is 11.3 Å². The Morgan fingerprint density at radius 2 is 2.59 bits per heavy atom. The molecule has 2 rings (SSSR count). The Balaban J connectivity index is 2.02. The number of aromatic nitrogens is 1. The summed E-state index contributed by atoms with van der Waals surface area (Å²) >= 11 is 1.40. The van der Waals surface area contributed by atoms with Crippen LogP contribution in [0.3, 0.4) is 0 Å². The first-order valence-electron chi connectivity index (χ1n) is 5.63. The number of nitrogens with zero attached hydrogens (tertiary/aromatic N) is 2. The molecular formula is C11H16N2O3S. The summed E-state index contributed by atoms with van der Waals surface area (Å²) in [5.74, 6) is -0.441. The molecule has 0 bridgehead atoms. The summed E-state index contributed by atoms with van der Waals surface area (Å²) < 4.78 is 5.17. The van der Waals surface area contributed by atoms with Gasteiger partial charge in [0.2, 0.25) is 0 Å². The molecule has 5 nitrogen and oxygen atoms in total. The molecule has 1 N–H and O–H groups in total. The number of hydrogen-bond acceptors (Lipinski definition) is 5. The SMILES string of the molecule is COCC1CCCN(c2nc(C(=O)O)cs2)C1. The van der Waals surface area contributed by atoms with Gasteiger partial charge in [0.15, 0.2) is 10.8 Å². The second kappa shape index (κ2) is 5.46. The summed E-state index contributed by atoms with van der Waals surface area (Å²) in [5.41, 5.74) is 0.138. The van der Waals surface area contributed by atoms with Crippen LogP contribution in [0.2, 0.25) is 0 Å². The lowest BCUT2D eigenvalue weighted by atomic mass is 9.99. The number of ether oxygens (including phenoxy) is 1. The number of carboxylic acids is 1. The summed E-state index contributed by atoms with van der Waals surface area (Å²) in [6.45, 7) is 2.61. The molecule has 1 atom stereocenters. The Hall–Kier alpha value is -1.14. The van der Waals surface area contributed by atoms with Crippen molar-refractivity contribution in [1.29, 1.82) is 0 Å². The topological polar surface area (TPSA) is 62.7 Å². The Bertz CT molecular complexity index is 392. The Labute approximate surface area is 104 Å². The minimum absolute atomic E-state index is 0.138. The van der Waals surface area contributed by atoms with E-state index in [1.165, 1.54) is 17.8 Å². The van der Waals surface area contributed by atoms with E-state index < -0.39 is 5.97 Å². The van der Waals surface area contributed by atoms with Crippen molar-refractivity contribution in [1.82, 2.24) is 4.98 Å². The lowest BCUT2D eigenvalue weighted by Gasteiger charge is -2.32. The highest BCUT2D eigenvalue weighted by Gasteiger charge is 2.22. The molecule has 1 fully saturated rings. The largest absolute Gasteiger partial charge is 0.476 e. The normalized spacial score (nSPS) is 20.5. The third kappa shape index (κ3) is 2.95. The molecule has 1 aromatic rings. The van der Waals surface area contributed by atoms with E-state index >= 15 is 0 Å². The van der Waals surface area contributed by atoms with Gasteiger partial charge in [0.05, 0.1) is 6.61 Å². The summed E-state index contributed by atoms with van der Waals surface area (Å²) in [5, 5.41) is 11.2. The second-order valence-electron chi connectivity index (χ2n) is 4.23. The van der Waals surface area contributed by atoms with Crippen LogP contribution in [0.5, 0.6) is 0 Å². The monoisotopic (exact) mass is 256 g/mol. The Morgan fingerprint density at radius 1 is 1.76 bits per heavy atom. The van der Waals surface area contributed by atoms with E-state index in [1.807, 2.05) is 0 Å². The summed E-state index contributed by atoms with van der Waals surface area (Å²) in [6, 6.07) is 0. The van der Waals surface area contributed by atoms with Crippen molar-refractivity contribution in [2.24, 2.45) is 5.92 Å². The molecule has 1 aromatic heterocycles. The van der Waals surface area contributed by atoms with Crippen LogP contribution in [-0.2, 0) is 4.74 Å². The van der Waals surface area contributed by atoms with Crippen molar-refractivity contribution in [3.05, 3.63) is 11.1 Å². The van der Waals surface area contributed by atoms with Crippen LogP contribution in [0.4, 0.5) is 5.13 Å². The van der Waals surface area contributed by atoms with E-state index in [9.17, 15) is 4.79 Å². The highest BCUT2D eigenvalue weighted by molar-refractivity contribution is 7.13.